The maximum Gasteiger partial charge on any atom is 0.408 e. The second kappa shape index (κ2) is 7.04. The highest BCUT2D eigenvalue weighted by atomic mass is 16.6. The zero-order chi connectivity index (χ0) is 16.9. The second-order valence-electron chi connectivity index (χ2n) is 5.49. The van der Waals surface area contributed by atoms with Crippen LogP contribution in [0.5, 0.6) is 5.75 Å². The molecule has 2 unspecified atom stereocenters. The first-order chi connectivity index (χ1) is 11.6. The van der Waals surface area contributed by atoms with Crippen LogP contribution in [0.3, 0.4) is 0 Å². The fraction of sp³-hybridized carbons (Fsp3) is 0.222. The Morgan fingerprint density at radius 2 is 1.88 bits per heavy atom. The van der Waals surface area contributed by atoms with Crippen molar-refractivity contribution in [3.63, 3.8) is 0 Å². The third-order valence-corrected chi connectivity index (χ3v) is 3.80. The maximum atomic E-state index is 11.9. The van der Waals surface area contributed by atoms with Crippen LogP contribution in [0.25, 0.3) is 0 Å². The summed E-state index contributed by atoms with van der Waals surface area (Å²) in [4.78, 5) is 23.4. The fourth-order valence-electron chi connectivity index (χ4n) is 2.60. The average molecular weight is 327 g/mol. The number of amides is 1. The summed E-state index contributed by atoms with van der Waals surface area (Å²) >= 11 is 0. The quantitative estimate of drug-likeness (QED) is 0.881. The molecule has 0 bridgehead atoms. The summed E-state index contributed by atoms with van der Waals surface area (Å²) < 4.78 is 10.7. The minimum Gasteiger partial charge on any atom is -0.487 e. The highest BCUT2D eigenvalue weighted by Crippen LogP contribution is 2.29. The lowest BCUT2D eigenvalue weighted by Crippen LogP contribution is -2.50. The molecule has 0 fully saturated rings. The molecule has 6 heteroatoms. The molecule has 1 aliphatic heterocycles. The molecular formula is C18H17NO5. The number of carboxylic acid groups (broad SMARTS) is 1. The van der Waals surface area contributed by atoms with E-state index in [0.717, 1.165) is 11.1 Å². The molecule has 6 nitrogen and oxygen atoms in total. The van der Waals surface area contributed by atoms with Gasteiger partial charge in [-0.25, -0.2) is 9.59 Å². The normalized spacial score (nSPS) is 16.6. The van der Waals surface area contributed by atoms with Gasteiger partial charge in [-0.2, -0.15) is 0 Å². The van der Waals surface area contributed by atoms with E-state index < -0.39 is 24.2 Å². The number of carboxylic acids is 1. The van der Waals surface area contributed by atoms with E-state index in [1.165, 1.54) is 0 Å². The van der Waals surface area contributed by atoms with Gasteiger partial charge in [-0.05, 0) is 17.2 Å². The smallest absolute Gasteiger partial charge is 0.408 e. The number of benzene rings is 2. The Morgan fingerprint density at radius 1 is 1.17 bits per heavy atom. The average Bonchev–Trinajstić information content (AvgIpc) is 3.02. The highest BCUT2D eigenvalue weighted by Gasteiger charge is 2.36. The van der Waals surface area contributed by atoms with E-state index in [1.807, 2.05) is 48.5 Å². The van der Waals surface area contributed by atoms with Gasteiger partial charge in [-0.3, -0.25) is 0 Å². The molecule has 0 saturated carbocycles. The summed E-state index contributed by atoms with van der Waals surface area (Å²) in [6.07, 6.45) is -1.03. The van der Waals surface area contributed by atoms with Crippen LogP contribution in [0, 0.1) is 0 Å². The number of rotatable bonds is 5. The molecule has 0 saturated heterocycles. The lowest BCUT2D eigenvalue weighted by Gasteiger charge is -2.20. The number of para-hydroxylation sites is 1. The largest absolute Gasteiger partial charge is 0.487 e. The monoisotopic (exact) mass is 327 g/mol. The highest BCUT2D eigenvalue weighted by molar-refractivity contribution is 5.80. The Balaban J connectivity index is 1.59. The Labute approximate surface area is 139 Å². The number of fused-ring (bicyclic) bond motifs is 1. The first-order valence-corrected chi connectivity index (χ1v) is 7.58. The SMILES string of the molecule is O=C(NC(C(=O)O)C1Cc2ccccc2O1)OCc1ccccc1. The molecule has 124 valence electrons. The summed E-state index contributed by atoms with van der Waals surface area (Å²) in [5, 5.41) is 11.8. The van der Waals surface area contributed by atoms with Crippen LogP contribution in [0.2, 0.25) is 0 Å². The van der Waals surface area contributed by atoms with Crippen molar-refractivity contribution in [2.45, 2.75) is 25.2 Å². The van der Waals surface area contributed by atoms with Gasteiger partial charge in [-0.1, -0.05) is 48.5 Å². The van der Waals surface area contributed by atoms with Gasteiger partial charge in [0, 0.05) is 6.42 Å². The summed E-state index contributed by atoms with van der Waals surface area (Å²) in [5.74, 6) is -0.516. The number of ether oxygens (including phenoxy) is 2. The van der Waals surface area contributed by atoms with Gasteiger partial charge in [0.25, 0.3) is 0 Å². The molecule has 0 spiro atoms. The van der Waals surface area contributed by atoms with E-state index in [9.17, 15) is 14.7 Å². The standard InChI is InChI=1S/C18H17NO5/c20-17(21)16(15-10-13-8-4-5-9-14(13)24-15)19-18(22)23-11-12-6-2-1-3-7-12/h1-9,15-16H,10-11H2,(H,19,22)(H,20,21). The van der Waals surface area contributed by atoms with Crippen molar-refractivity contribution in [2.75, 3.05) is 0 Å². The summed E-state index contributed by atoms with van der Waals surface area (Å²) in [6.45, 7) is 0.0742. The summed E-state index contributed by atoms with van der Waals surface area (Å²) in [7, 11) is 0. The van der Waals surface area contributed by atoms with Gasteiger partial charge in [0.15, 0.2) is 6.04 Å². The minimum absolute atomic E-state index is 0.0742. The van der Waals surface area contributed by atoms with Gasteiger partial charge in [-0.15, -0.1) is 0 Å². The van der Waals surface area contributed by atoms with Gasteiger partial charge in [0.1, 0.15) is 18.5 Å². The van der Waals surface area contributed by atoms with Gasteiger partial charge in [0.05, 0.1) is 0 Å². The van der Waals surface area contributed by atoms with Crippen molar-refractivity contribution in [2.24, 2.45) is 0 Å². The zero-order valence-electron chi connectivity index (χ0n) is 12.8. The van der Waals surface area contributed by atoms with Crippen molar-refractivity contribution in [1.82, 2.24) is 5.32 Å². The Hall–Kier alpha value is -3.02. The van der Waals surface area contributed by atoms with Crippen molar-refractivity contribution >= 4 is 12.1 Å². The number of carbonyl (C=O) groups is 2. The lowest BCUT2D eigenvalue weighted by molar-refractivity contribution is -0.141. The van der Waals surface area contributed by atoms with Gasteiger partial charge >= 0.3 is 12.1 Å². The molecule has 2 N–H and O–H groups in total. The van der Waals surface area contributed by atoms with Crippen LogP contribution in [0.4, 0.5) is 4.79 Å². The number of hydrogen-bond donors (Lipinski definition) is 2. The van der Waals surface area contributed by atoms with Crippen molar-refractivity contribution in [3.05, 3.63) is 65.7 Å². The summed E-state index contributed by atoms with van der Waals surface area (Å²) in [5.41, 5.74) is 1.75. The van der Waals surface area contributed by atoms with E-state index in [1.54, 1.807) is 6.07 Å². The number of nitrogens with one attached hydrogen (secondary N) is 1. The molecule has 2 atom stereocenters. The Morgan fingerprint density at radius 3 is 2.58 bits per heavy atom. The van der Waals surface area contributed by atoms with E-state index in [2.05, 4.69) is 5.32 Å². The molecular weight excluding hydrogens is 310 g/mol. The van der Waals surface area contributed by atoms with E-state index >= 15 is 0 Å². The first kappa shape index (κ1) is 15.9. The predicted molar refractivity (Wildman–Crippen MR) is 85.7 cm³/mol. The van der Waals surface area contributed by atoms with Crippen molar-refractivity contribution in [3.8, 4) is 5.75 Å². The Kier molecular flexibility index (Phi) is 4.65. The molecule has 0 aliphatic carbocycles. The topological polar surface area (TPSA) is 84.9 Å². The Bertz CT molecular complexity index is 706. The third-order valence-electron chi connectivity index (χ3n) is 3.80. The van der Waals surface area contributed by atoms with Gasteiger partial charge < -0.3 is 19.9 Å². The van der Waals surface area contributed by atoms with Crippen LogP contribution in [-0.2, 0) is 22.6 Å². The van der Waals surface area contributed by atoms with Crippen molar-refractivity contribution in [1.29, 1.82) is 0 Å². The molecule has 1 amide bonds. The third kappa shape index (κ3) is 3.65. The maximum absolute atomic E-state index is 11.9. The zero-order valence-corrected chi connectivity index (χ0v) is 12.8. The van der Waals surface area contributed by atoms with E-state index in [0.29, 0.717) is 12.2 Å². The number of hydrogen-bond acceptors (Lipinski definition) is 4. The van der Waals surface area contributed by atoms with Crippen LogP contribution in [0.1, 0.15) is 11.1 Å². The molecule has 3 rings (SSSR count). The predicted octanol–water partition coefficient (Wildman–Crippen LogP) is 2.37. The molecule has 1 heterocycles. The number of aliphatic carboxylic acids is 1. The van der Waals surface area contributed by atoms with Crippen LogP contribution < -0.4 is 10.1 Å². The lowest BCUT2D eigenvalue weighted by atomic mass is 10.0. The molecule has 2 aromatic rings. The second-order valence-corrected chi connectivity index (χ2v) is 5.49. The number of carbonyl (C=O) groups excluding carboxylic acids is 1. The first-order valence-electron chi connectivity index (χ1n) is 7.58. The molecule has 24 heavy (non-hydrogen) atoms. The van der Waals surface area contributed by atoms with E-state index in [4.69, 9.17) is 9.47 Å². The van der Waals surface area contributed by atoms with Crippen LogP contribution >= 0.6 is 0 Å². The molecule has 2 aromatic carbocycles. The van der Waals surface area contributed by atoms with Crippen LogP contribution in [0.15, 0.2) is 54.6 Å². The van der Waals surface area contributed by atoms with Gasteiger partial charge in [0.2, 0.25) is 0 Å². The fourth-order valence-corrected chi connectivity index (χ4v) is 2.60. The van der Waals surface area contributed by atoms with E-state index in [-0.39, 0.29) is 6.61 Å². The molecule has 1 aliphatic rings. The number of alkyl carbamates (subject to hydrolysis) is 1. The van der Waals surface area contributed by atoms with Crippen molar-refractivity contribution < 1.29 is 24.2 Å². The summed E-state index contributed by atoms with van der Waals surface area (Å²) in [6, 6.07) is 15.3. The van der Waals surface area contributed by atoms with Crippen LogP contribution in [-0.4, -0.2) is 29.3 Å². The minimum atomic E-state index is -1.18. The molecule has 0 radical (unpaired) electrons. The molecule has 0 aromatic heterocycles.